The summed E-state index contributed by atoms with van der Waals surface area (Å²) < 4.78 is 44.7. The van der Waals surface area contributed by atoms with Crippen LogP contribution >= 0.6 is 0 Å². The van der Waals surface area contributed by atoms with E-state index in [1.807, 2.05) is 0 Å². The van der Waals surface area contributed by atoms with Gasteiger partial charge in [0.25, 0.3) is 0 Å². The van der Waals surface area contributed by atoms with Gasteiger partial charge in [0.1, 0.15) is 18.0 Å². The molecule has 0 amide bonds. The van der Waals surface area contributed by atoms with Crippen LogP contribution < -0.4 is 4.74 Å². The number of nitrogens with zero attached hydrogens (tertiary/aromatic N) is 1. The first-order valence-corrected chi connectivity index (χ1v) is 8.22. The summed E-state index contributed by atoms with van der Waals surface area (Å²) in [5.41, 5.74) is -1.55. The van der Waals surface area contributed by atoms with E-state index < -0.39 is 29.2 Å². The van der Waals surface area contributed by atoms with Crippen LogP contribution in [0.3, 0.4) is 0 Å². The summed E-state index contributed by atoms with van der Waals surface area (Å²) in [7, 11) is 0. The van der Waals surface area contributed by atoms with Crippen LogP contribution in [0.1, 0.15) is 33.1 Å². The molecule has 0 saturated carbocycles. The van der Waals surface area contributed by atoms with E-state index in [1.165, 1.54) is 0 Å². The quantitative estimate of drug-likeness (QED) is 0.777. The Morgan fingerprint density at radius 3 is 2.38 bits per heavy atom. The molecule has 24 heavy (non-hydrogen) atoms. The summed E-state index contributed by atoms with van der Waals surface area (Å²) in [6.45, 7) is 4.63. The Hall–Kier alpha value is -1.31. The summed E-state index contributed by atoms with van der Waals surface area (Å²) in [5.74, 6) is -4.52. The summed E-state index contributed by atoms with van der Waals surface area (Å²) in [6.07, 6.45) is 1.21. The van der Waals surface area contributed by atoms with Crippen molar-refractivity contribution in [3.05, 3.63) is 29.6 Å². The minimum Gasteiger partial charge on any atom is -0.490 e. The lowest BCUT2D eigenvalue weighted by Crippen LogP contribution is -2.61. The number of aliphatic hydroxyl groups is 2. The van der Waals surface area contributed by atoms with Crippen LogP contribution in [0.15, 0.2) is 12.1 Å². The number of likely N-dealkylation sites (tertiary alicyclic amines) is 1. The highest BCUT2D eigenvalue weighted by molar-refractivity contribution is 5.25. The fourth-order valence-corrected chi connectivity index (χ4v) is 3.18. The average Bonchev–Trinajstić information content (AvgIpc) is 2.55. The second-order valence-corrected chi connectivity index (χ2v) is 6.34. The number of hydrogen-bond donors (Lipinski definition) is 2. The van der Waals surface area contributed by atoms with Gasteiger partial charge in [0.2, 0.25) is 0 Å². The normalized spacial score (nSPS) is 25.2. The van der Waals surface area contributed by atoms with E-state index in [1.54, 1.807) is 0 Å². The molecule has 2 atom stereocenters. The highest BCUT2D eigenvalue weighted by Gasteiger charge is 2.43. The molecule has 0 aromatic heterocycles. The van der Waals surface area contributed by atoms with Crippen molar-refractivity contribution in [2.45, 2.75) is 50.9 Å². The Labute approximate surface area is 139 Å². The van der Waals surface area contributed by atoms with Gasteiger partial charge in [0.05, 0.1) is 6.10 Å². The van der Waals surface area contributed by atoms with E-state index in [0.29, 0.717) is 13.0 Å². The Kier molecular flexibility index (Phi) is 6.11. The van der Waals surface area contributed by atoms with E-state index in [9.17, 15) is 23.4 Å². The minimum atomic E-state index is -1.57. The average molecular weight is 347 g/mol. The molecule has 1 aliphatic heterocycles. The van der Waals surface area contributed by atoms with Crippen LogP contribution in [0, 0.1) is 17.5 Å². The summed E-state index contributed by atoms with van der Waals surface area (Å²) in [5, 5.41) is 20.9. The number of aliphatic hydroxyl groups excluding tert-OH is 1. The third-order valence-electron chi connectivity index (χ3n) is 4.69. The predicted octanol–water partition coefficient (Wildman–Crippen LogP) is 2.47. The van der Waals surface area contributed by atoms with Crippen molar-refractivity contribution in [1.29, 1.82) is 0 Å². The molecule has 2 rings (SSSR count). The fraction of sp³-hybridized carbons (Fsp3) is 0.647. The molecule has 0 unspecified atom stereocenters. The van der Waals surface area contributed by atoms with Gasteiger partial charge in [-0.2, -0.15) is 0 Å². The second kappa shape index (κ2) is 7.72. The Morgan fingerprint density at radius 1 is 1.25 bits per heavy atom. The van der Waals surface area contributed by atoms with E-state index in [-0.39, 0.29) is 24.9 Å². The van der Waals surface area contributed by atoms with Crippen molar-refractivity contribution < 1.29 is 28.1 Å². The number of piperidine rings is 1. The summed E-state index contributed by atoms with van der Waals surface area (Å²) in [4.78, 5) is 2.09. The first kappa shape index (κ1) is 19.0. The minimum absolute atomic E-state index is 0.201. The van der Waals surface area contributed by atoms with E-state index in [4.69, 9.17) is 4.74 Å². The van der Waals surface area contributed by atoms with Crippen molar-refractivity contribution in [2.75, 3.05) is 19.7 Å². The van der Waals surface area contributed by atoms with Gasteiger partial charge in [-0.05, 0) is 19.3 Å². The maximum atomic E-state index is 13.2. The molecule has 1 saturated heterocycles. The molecule has 1 heterocycles. The molecule has 2 N–H and O–H groups in total. The number of benzene rings is 1. The smallest absolute Gasteiger partial charge is 0.194 e. The molecule has 1 aromatic carbocycles. The van der Waals surface area contributed by atoms with Crippen molar-refractivity contribution in [1.82, 2.24) is 4.90 Å². The largest absolute Gasteiger partial charge is 0.490 e. The summed E-state index contributed by atoms with van der Waals surface area (Å²) in [6, 6.07) is 1.72. The van der Waals surface area contributed by atoms with Crippen molar-refractivity contribution in [3.8, 4) is 5.75 Å². The van der Waals surface area contributed by atoms with Crippen molar-refractivity contribution in [2.24, 2.45) is 0 Å². The van der Waals surface area contributed by atoms with Gasteiger partial charge in [-0.1, -0.05) is 13.8 Å². The monoisotopic (exact) mass is 347 g/mol. The fourth-order valence-electron chi connectivity index (χ4n) is 3.18. The number of halogens is 3. The zero-order valence-electron chi connectivity index (χ0n) is 13.9. The molecular weight excluding hydrogens is 323 g/mol. The van der Waals surface area contributed by atoms with Gasteiger partial charge in [0, 0.05) is 31.3 Å². The molecule has 0 radical (unpaired) electrons. The van der Waals surface area contributed by atoms with Gasteiger partial charge in [0.15, 0.2) is 17.5 Å². The lowest BCUT2D eigenvalue weighted by atomic mass is 9.89. The zero-order chi connectivity index (χ0) is 17.9. The molecule has 1 aliphatic rings. The third kappa shape index (κ3) is 4.02. The molecule has 0 aliphatic carbocycles. The second-order valence-electron chi connectivity index (χ2n) is 6.34. The standard InChI is InChI=1S/C17H24F3NO3/c1-3-11(4-2)21-6-5-15(22)17(23,9-21)10-24-12-7-13(18)16(20)14(19)8-12/h7-8,11,15,22-23H,3-6,9-10H2,1-2H3/t15-,17-/m0/s1. The molecule has 0 bridgehead atoms. The highest BCUT2D eigenvalue weighted by atomic mass is 19.2. The maximum Gasteiger partial charge on any atom is 0.194 e. The number of hydrogen-bond acceptors (Lipinski definition) is 4. The van der Waals surface area contributed by atoms with Crippen LogP contribution in [0.2, 0.25) is 0 Å². The van der Waals surface area contributed by atoms with Gasteiger partial charge >= 0.3 is 0 Å². The zero-order valence-corrected chi connectivity index (χ0v) is 13.9. The van der Waals surface area contributed by atoms with E-state index in [0.717, 1.165) is 25.0 Å². The Morgan fingerprint density at radius 2 is 1.83 bits per heavy atom. The SMILES string of the molecule is CCC(CC)N1CC[C@H](O)[C@@](O)(COc2cc(F)c(F)c(F)c2)C1. The van der Waals surface area contributed by atoms with Crippen molar-refractivity contribution in [3.63, 3.8) is 0 Å². The van der Waals surface area contributed by atoms with Gasteiger partial charge in [-0.3, -0.25) is 4.90 Å². The first-order valence-electron chi connectivity index (χ1n) is 8.22. The number of β-amino-alcohol motifs (C(OH)–C–C–N with tert-alkyl or cyclic N) is 1. The number of ether oxygens (including phenoxy) is 1. The van der Waals surface area contributed by atoms with Crippen molar-refractivity contribution >= 4 is 0 Å². The van der Waals surface area contributed by atoms with Gasteiger partial charge in [-0.15, -0.1) is 0 Å². The first-order chi connectivity index (χ1) is 11.3. The topological polar surface area (TPSA) is 52.9 Å². The number of rotatable bonds is 6. The maximum absolute atomic E-state index is 13.2. The van der Waals surface area contributed by atoms with Crippen LogP contribution in [0.4, 0.5) is 13.2 Å². The lowest BCUT2D eigenvalue weighted by Gasteiger charge is -2.45. The van der Waals surface area contributed by atoms with Gasteiger partial charge in [-0.25, -0.2) is 13.2 Å². The molecule has 1 aromatic rings. The van der Waals surface area contributed by atoms with Crippen LogP contribution in [0.5, 0.6) is 5.75 Å². The molecule has 0 spiro atoms. The molecule has 136 valence electrons. The molecule has 4 nitrogen and oxygen atoms in total. The van der Waals surface area contributed by atoms with E-state index >= 15 is 0 Å². The van der Waals surface area contributed by atoms with E-state index in [2.05, 4.69) is 18.7 Å². The molecule has 1 fully saturated rings. The predicted molar refractivity (Wildman–Crippen MR) is 83.3 cm³/mol. The molecule has 7 heteroatoms. The van der Waals surface area contributed by atoms with Crippen LogP contribution in [-0.4, -0.2) is 52.6 Å². The highest BCUT2D eigenvalue weighted by Crippen LogP contribution is 2.27. The Bertz CT molecular complexity index is 545. The molecular formula is C17H24F3NO3. The summed E-state index contributed by atoms with van der Waals surface area (Å²) >= 11 is 0. The Balaban J connectivity index is 2.08. The lowest BCUT2D eigenvalue weighted by molar-refractivity contribution is -0.145. The third-order valence-corrected chi connectivity index (χ3v) is 4.69. The van der Waals surface area contributed by atoms with Gasteiger partial charge < -0.3 is 14.9 Å². The van der Waals surface area contributed by atoms with Crippen LogP contribution in [0.25, 0.3) is 0 Å². The van der Waals surface area contributed by atoms with Crippen LogP contribution in [-0.2, 0) is 0 Å².